The van der Waals surface area contributed by atoms with Gasteiger partial charge >= 0.3 is 0 Å². The Hall–Kier alpha value is -0.500. The first-order chi connectivity index (χ1) is 12.5. The van der Waals surface area contributed by atoms with Crippen molar-refractivity contribution in [3.05, 3.63) is 66.1 Å². The lowest BCUT2D eigenvalue weighted by molar-refractivity contribution is 1.03. The fourth-order valence-corrected chi connectivity index (χ4v) is 7.07. The van der Waals surface area contributed by atoms with E-state index in [0.29, 0.717) is 10.0 Å². The zero-order valence-electron chi connectivity index (χ0n) is 12.7. The van der Waals surface area contributed by atoms with Crippen molar-refractivity contribution in [3.63, 3.8) is 0 Å². The normalized spacial score (nSPS) is 13.7. The average molecular weight is 545 g/mol. The predicted molar refractivity (Wildman–Crippen MR) is 115 cm³/mol. The summed E-state index contributed by atoms with van der Waals surface area (Å²) in [6.07, 6.45) is 0. The van der Waals surface area contributed by atoms with Crippen LogP contribution in [0, 0.1) is 0 Å². The highest BCUT2D eigenvalue weighted by Crippen LogP contribution is 2.45. The summed E-state index contributed by atoms with van der Waals surface area (Å²) in [5.41, 5.74) is 1.83. The molecule has 0 unspecified atom stereocenters. The zero-order valence-corrected chi connectivity index (χ0v) is 19.0. The molecule has 2 nitrogen and oxygen atoms in total. The first kappa shape index (κ1) is 17.6. The molecular weight excluding hydrogens is 539 g/mol. The van der Waals surface area contributed by atoms with Gasteiger partial charge < -0.3 is 0 Å². The second-order valence-corrected chi connectivity index (χ2v) is 10.2. The molecule has 0 bridgehead atoms. The fourth-order valence-electron chi connectivity index (χ4n) is 2.79. The van der Waals surface area contributed by atoms with Crippen LogP contribution < -0.4 is 10.7 Å². The first-order valence-electron chi connectivity index (χ1n) is 7.44. The van der Waals surface area contributed by atoms with Crippen LogP contribution in [0.1, 0.15) is 0 Å². The number of fused-ring (bicyclic) bond motifs is 4. The van der Waals surface area contributed by atoms with Gasteiger partial charge in [-0.15, -0.1) is 0 Å². The highest BCUT2D eigenvalue weighted by atomic mass is 79.9. The molecule has 0 amide bonds. The van der Waals surface area contributed by atoms with E-state index in [2.05, 4.69) is 31.9 Å². The largest absolute Gasteiger partial charge is 0.245 e. The first-order valence-corrected chi connectivity index (χ1v) is 11.4. The van der Waals surface area contributed by atoms with E-state index in [0.717, 1.165) is 50.6 Å². The third-order valence-electron chi connectivity index (χ3n) is 3.98. The maximum Gasteiger partial charge on any atom is 0.0943 e. The number of hydrogen-bond acceptors (Lipinski definition) is 4. The molecule has 0 fully saturated rings. The monoisotopic (exact) mass is 542 g/mol. The topological polar surface area (TPSA) is 24.7 Å². The lowest BCUT2D eigenvalue weighted by Gasteiger charge is -2.20. The highest BCUT2D eigenvalue weighted by Gasteiger charge is 2.25. The van der Waals surface area contributed by atoms with Crippen molar-refractivity contribution >= 4 is 90.0 Å². The molecular formula is C18H6Br2Cl2N2S2. The highest BCUT2D eigenvalue weighted by molar-refractivity contribution is 9.11. The van der Waals surface area contributed by atoms with Crippen LogP contribution in [0.3, 0.4) is 0 Å². The van der Waals surface area contributed by atoms with Crippen molar-refractivity contribution in [1.29, 1.82) is 0 Å². The average Bonchev–Trinajstić information content (AvgIpc) is 2.63. The van der Waals surface area contributed by atoms with E-state index in [4.69, 9.17) is 33.2 Å². The lowest BCUT2D eigenvalue weighted by Crippen LogP contribution is -2.22. The van der Waals surface area contributed by atoms with Crippen LogP contribution in [-0.4, -0.2) is 0 Å². The minimum atomic E-state index is 0.703. The number of benzene rings is 3. The van der Waals surface area contributed by atoms with Crippen molar-refractivity contribution in [2.45, 2.75) is 19.6 Å². The van der Waals surface area contributed by atoms with Gasteiger partial charge in [0, 0.05) is 19.8 Å². The fraction of sp³-hybridized carbons (Fsp3) is 0. The second-order valence-electron chi connectivity index (χ2n) is 5.64. The summed E-state index contributed by atoms with van der Waals surface area (Å²) in [5.74, 6) is 0. The van der Waals surface area contributed by atoms with E-state index < -0.39 is 0 Å². The molecule has 0 aliphatic carbocycles. The van der Waals surface area contributed by atoms with Gasteiger partial charge in [-0.3, -0.25) is 0 Å². The van der Waals surface area contributed by atoms with Gasteiger partial charge in [-0.2, -0.15) is 0 Å². The zero-order chi connectivity index (χ0) is 18.0. The smallest absolute Gasteiger partial charge is 0.0943 e. The van der Waals surface area contributed by atoms with Gasteiger partial charge in [0.1, 0.15) is 0 Å². The van der Waals surface area contributed by atoms with E-state index in [1.165, 1.54) is 0 Å². The van der Waals surface area contributed by atoms with Crippen molar-refractivity contribution < 1.29 is 0 Å². The summed E-state index contributed by atoms with van der Waals surface area (Å²) in [4.78, 5) is 13.8. The molecule has 128 valence electrons. The molecule has 3 aromatic rings. The summed E-state index contributed by atoms with van der Waals surface area (Å²) in [5, 5.41) is 3.22. The van der Waals surface area contributed by atoms with Crippen LogP contribution in [0.15, 0.2) is 74.9 Å². The van der Waals surface area contributed by atoms with E-state index in [1.807, 2.05) is 36.4 Å². The summed E-state index contributed by atoms with van der Waals surface area (Å²) in [6.45, 7) is 0. The van der Waals surface area contributed by atoms with E-state index in [1.54, 1.807) is 23.5 Å². The van der Waals surface area contributed by atoms with Gasteiger partial charge in [-0.25, -0.2) is 9.98 Å². The van der Waals surface area contributed by atoms with Crippen molar-refractivity contribution in [2.24, 2.45) is 9.98 Å². The Kier molecular flexibility index (Phi) is 4.42. The predicted octanol–water partition coefficient (Wildman–Crippen LogP) is 7.35. The lowest BCUT2D eigenvalue weighted by atomic mass is 10.2. The molecule has 26 heavy (non-hydrogen) atoms. The summed E-state index contributed by atoms with van der Waals surface area (Å²) in [7, 11) is 0. The minimum Gasteiger partial charge on any atom is -0.245 e. The Labute approximate surface area is 184 Å². The molecule has 3 aromatic carbocycles. The molecule has 2 aliphatic rings. The number of rotatable bonds is 0. The van der Waals surface area contributed by atoms with E-state index in [9.17, 15) is 0 Å². The molecule has 0 spiro atoms. The van der Waals surface area contributed by atoms with Gasteiger partial charge in [0.05, 0.1) is 40.8 Å². The third-order valence-corrected chi connectivity index (χ3v) is 8.81. The molecule has 0 N–H and O–H groups in total. The molecule has 0 aromatic heterocycles. The molecule has 2 aliphatic heterocycles. The van der Waals surface area contributed by atoms with Gasteiger partial charge in [0.2, 0.25) is 0 Å². The van der Waals surface area contributed by atoms with Crippen LogP contribution in [-0.2, 0) is 0 Å². The van der Waals surface area contributed by atoms with Crippen LogP contribution in [0.5, 0.6) is 0 Å². The Morgan fingerprint density at radius 1 is 0.692 bits per heavy atom. The van der Waals surface area contributed by atoms with Crippen LogP contribution in [0.4, 0.5) is 11.4 Å². The maximum absolute atomic E-state index is 6.15. The van der Waals surface area contributed by atoms with Gasteiger partial charge in [0.25, 0.3) is 0 Å². The summed E-state index contributed by atoms with van der Waals surface area (Å²) in [6, 6.07) is 11.5. The Morgan fingerprint density at radius 3 is 1.54 bits per heavy atom. The molecule has 0 saturated carbocycles. The maximum atomic E-state index is 6.15. The van der Waals surface area contributed by atoms with Gasteiger partial charge in [0.15, 0.2) is 0 Å². The molecule has 5 rings (SSSR count). The summed E-state index contributed by atoms with van der Waals surface area (Å²) >= 11 is 23.1. The molecule has 2 heterocycles. The van der Waals surface area contributed by atoms with Crippen LogP contribution in [0.2, 0.25) is 10.0 Å². The Balaban J connectivity index is 1.83. The molecule has 8 heteroatoms. The number of nitrogens with zero attached hydrogens (tertiary/aromatic N) is 2. The quantitative estimate of drug-likeness (QED) is 0.203. The van der Waals surface area contributed by atoms with Gasteiger partial charge in [-0.1, -0.05) is 46.7 Å². The van der Waals surface area contributed by atoms with E-state index in [-0.39, 0.29) is 0 Å². The molecule has 0 atom stereocenters. The Morgan fingerprint density at radius 2 is 1.12 bits per heavy atom. The minimum absolute atomic E-state index is 0.703. The van der Waals surface area contributed by atoms with E-state index >= 15 is 0 Å². The Bertz CT molecular complexity index is 1150. The van der Waals surface area contributed by atoms with Crippen LogP contribution in [0.25, 0.3) is 0 Å². The van der Waals surface area contributed by atoms with Crippen molar-refractivity contribution in [1.82, 2.24) is 0 Å². The standard InChI is InChI=1S/C18H6Br2Cl2N2S2/c19-13-15-17(25-11-5-7(21)1-3-9(11)23-15)14(20)16-18(13)26-12-6-8(22)2-4-10(12)24-16/h1-6H. The molecule has 0 radical (unpaired) electrons. The number of halogens is 4. The molecule has 0 saturated heterocycles. The third kappa shape index (κ3) is 2.77. The summed E-state index contributed by atoms with van der Waals surface area (Å²) < 4.78 is 1.89. The van der Waals surface area contributed by atoms with Crippen molar-refractivity contribution in [3.8, 4) is 0 Å². The van der Waals surface area contributed by atoms with Gasteiger partial charge in [-0.05, 0) is 68.3 Å². The number of hydrogen-bond donors (Lipinski definition) is 0. The van der Waals surface area contributed by atoms with Crippen molar-refractivity contribution in [2.75, 3.05) is 0 Å². The SMILES string of the molecule is Clc1ccc2c(c1)Sc1c(Br)c3c(c(Br)c1=N2)Sc1cc(Cl)ccc1N=3. The second kappa shape index (κ2) is 6.54. The van der Waals surface area contributed by atoms with Crippen LogP contribution >= 0.6 is 78.6 Å².